The fourth-order valence-corrected chi connectivity index (χ4v) is 5.17. The Morgan fingerprint density at radius 3 is 2.59 bits per heavy atom. The largest absolute Gasteiger partial charge is 0.497 e. The number of sulfonamides is 1. The molecule has 1 N–H and O–H groups in total. The quantitative estimate of drug-likeness (QED) is 0.773. The van der Waals surface area contributed by atoms with Gasteiger partial charge < -0.3 is 10.1 Å². The van der Waals surface area contributed by atoms with Crippen molar-refractivity contribution in [2.24, 2.45) is 0 Å². The first-order valence-electron chi connectivity index (χ1n) is 9.53. The zero-order chi connectivity index (χ0) is 21.0. The van der Waals surface area contributed by atoms with Crippen LogP contribution in [0.3, 0.4) is 0 Å². The second-order valence-electron chi connectivity index (χ2n) is 7.16. The van der Waals surface area contributed by atoms with Gasteiger partial charge in [-0.2, -0.15) is 4.31 Å². The van der Waals surface area contributed by atoms with E-state index in [9.17, 15) is 17.6 Å². The molecule has 1 heterocycles. The van der Waals surface area contributed by atoms with Crippen molar-refractivity contribution in [3.05, 3.63) is 53.8 Å². The van der Waals surface area contributed by atoms with Gasteiger partial charge in [-0.1, -0.05) is 12.5 Å². The van der Waals surface area contributed by atoms with Crippen LogP contribution in [0.1, 0.15) is 31.2 Å². The number of ether oxygens (including phenoxy) is 1. The van der Waals surface area contributed by atoms with Crippen molar-refractivity contribution in [2.45, 2.75) is 43.5 Å². The van der Waals surface area contributed by atoms with Crippen LogP contribution in [0.15, 0.2) is 47.4 Å². The maximum absolute atomic E-state index is 13.7. The summed E-state index contributed by atoms with van der Waals surface area (Å²) in [6.45, 7) is 2.01. The number of rotatable bonds is 6. The summed E-state index contributed by atoms with van der Waals surface area (Å²) >= 11 is 0. The fourth-order valence-electron chi connectivity index (χ4n) is 3.47. The second-order valence-corrected chi connectivity index (χ2v) is 9.05. The van der Waals surface area contributed by atoms with Crippen molar-refractivity contribution in [1.82, 2.24) is 4.31 Å². The van der Waals surface area contributed by atoms with Crippen LogP contribution in [0.25, 0.3) is 0 Å². The van der Waals surface area contributed by atoms with Gasteiger partial charge in [0.15, 0.2) is 0 Å². The zero-order valence-corrected chi connectivity index (χ0v) is 17.3. The van der Waals surface area contributed by atoms with Crippen LogP contribution in [0.2, 0.25) is 0 Å². The van der Waals surface area contributed by atoms with Crippen molar-refractivity contribution < 1.29 is 22.3 Å². The number of benzene rings is 2. The summed E-state index contributed by atoms with van der Waals surface area (Å²) in [5.74, 6) is -0.164. The van der Waals surface area contributed by atoms with E-state index in [2.05, 4.69) is 5.32 Å². The van der Waals surface area contributed by atoms with E-state index in [4.69, 9.17) is 4.74 Å². The Bertz CT molecular complexity index is 977. The number of hydrogen-bond donors (Lipinski definition) is 1. The third kappa shape index (κ3) is 4.94. The van der Waals surface area contributed by atoms with Crippen molar-refractivity contribution in [3.8, 4) is 5.75 Å². The molecule has 0 bridgehead atoms. The predicted octanol–water partition coefficient (Wildman–Crippen LogP) is 3.71. The summed E-state index contributed by atoms with van der Waals surface area (Å²) in [4.78, 5) is 12.7. The molecule has 6 nitrogen and oxygen atoms in total. The van der Waals surface area contributed by atoms with Gasteiger partial charge in [0.2, 0.25) is 15.9 Å². The van der Waals surface area contributed by atoms with Crippen LogP contribution >= 0.6 is 0 Å². The molecule has 2 aromatic rings. The molecule has 1 aliphatic heterocycles. The Hall–Kier alpha value is -2.45. The number of aryl methyl sites for hydroxylation is 1. The molecule has 1 amide bonds. The monoisotopic (exact) mass is 420 g/mol. The molecule has 1 atom stereocenters. The number of anilines is 1. The molecule has 1 aliphatic rings. The van der Waals surface area contributed by atoms with Gasteiger partial charge in [-0.15, -0.1) is 0 Å². The highest BCUT2D eigenvalue weighted by Crippen LogP contribution is 2.28. The SMILES string of the molecule is COc1ccc(S(=O)(=O)N2CCCC[C@@H]2CC(=O)Nc2ccc(C)c(F)c2)cc1. The number of methoxy groups -OCH3 is 1. The summed E-state index contributed by atoms with van der Waals surface area (Å²) in [5.41, 5.74) is 0.852. The summed E-state index contributed by atoms with van der Waals surface area (Å²) in [6, 6.07) is 10.3. The van der Waals surface area contributed by atoms with Crippen molar-refractivity contribution in [3.63, 3.8) is 0 Å². The molecule has 0 unspecified atom stereocenters. The Morgan fingerprint density at radius 2 is 1.93 bits per heavy atom. The highest BCUT2D eigenvalue weighted by atomic mass is 32.2. The minimum absolute atomic E-state index is 0.0187. The van der Waals surface area contributed by atoms with E-state index in [0.717, 1.165) is 12.8 Å². The molecule has 0 aromatic heterocycles. The topological polar surface area (TPSA) is 75.7 Å². The first-order chi connectivity index (χ1) is 13.8. The molecule has 1 fully saturated rings. The van der Waals surface area contributed by atoms with Gasteiger partial charge in [-0.25, -0.2) is 12.8 Å². The summed E-state index contributed by atoms with van der Waals surface area (Å²) in [6.07, 6.45) is 2.22. The number of nitrogens with zero attached hydrogens (tertiary/aromatic N) is 1. The lowest BCUT2D eigenvalue weighted by Crippen LogP contribution is -2.45. The average Bonchev–Trinajstić information content (AvgIpc) is 2.71. The molecule has 1 saturated heterocycles. The molecule has 0 saturated carbocycles. The van der Waals surface area contributed by atoms with Gasteiger partial charge in [0, 0.05) is 24.7 Å². The van der Waals surface area contributed by atoms with Crippen LogP contribution in [0.5, 0.6) is 5.75 Å². The van der Waals surface area contributed by atoms with E-state index in [1.165, 1.54) is 29.6 Å². The van der Waals surface area contributed by atoms with Gasteiger partial charge in [-0.3, -0.25) is 4.79 Å². The Balaban J connectivity index is 1.74. The van der Waals surface area contributed by atoms with Crippen molar-refractivity contribution in [1.29, 1.82) is 0 Å². The summed E-state index contributed by atoms with van der Waals surface area (Å²) in [7, 11) is -2.21. The third-order valence-electron chi connectivity index (χ3n) is 5.12. The molecule has 2 aromatic carbocycles. The van der Waals surface area contributed by atoms with Gasteiger partial charge >= 0.3 is 0 Å². The predicted molar refractivity (Wildman–Crippen MR) is 109 cm³/mol. The lowest BCUT2D eigenvalue weighted by atomic mass is 10.0. The fraction of sp³-hybridized carbons (Fsp3) is 0.381. The minimum atomic E-state index is -3.73. The van der Waals surface area contributed by atoms with Crippen LogP contribution < -0.4 is 10.1 Å². The molecular formula is C21H25FN2O4S. The lowest BCUT2D eigenvalue weighted by molar-refractivity contribution is -0.117. The van der Waals surface area contributed by atoms with Gasteiger partial charge in [0.25, 0.3) is 0 Å². The number of amides is 1. The highest BCUT2D eigenvalue weighted by molar-refractivity contribution is 7.89. The number of nitrogens with one attached hydrogen (secondary N) is 1. The second kappa shape index (κ2) is 8.92. The van der Waals surface area contributed by atoms with E-state index < -0.39 is 21.9 Å². The molecule has 8 heteroatoms. The highest BCUT2D eigenvalue weighted by Gasteiger charge is 2.34. The van der Waals surface area contributed by atoms with Crippen molar-refractivity contribution >= 4 is 21.6 Å². The molecule has 156 valence electrons. The van der Waals surface area contributed by atoms with Gasteiger partial charge in [0.05, 0.1) is 12.0 Å². The maximum atomic E-state index is 13.7. The Kier molecular flexibility index (Phi) is 6.54. The van der Waals surface area contributed by atoms with Gasteiger partial charge in [-0.05, 0) is 61.7 Å². The molecule has 0 aliphatic carbocycles. The van der Waals surface area contributed by atoms with Crippen molar-refractivity contribution in [2.75, 3.05) is 19.0 Å². The van der Waals surface area contributed by atoms with E-state index in [1.54, 1.807) is 31.2 Å². The van der Waals surface area contributed by atoms with Crippen LogP contribution in [-0.2, 0) is 14.8 Å². The number of hydrogen-bond acceptors (Lipinski definition) is 4. The zero-order valence-electron chi connectivity index (χ0n) is 16.5. The molecule has 0 radical (unpaired) electrons. The van der Waals surface area contributed by atoms with Crippen LogP contribution in [-0.4, -0.2) is 38.3 Å². The summed E-state index contributed by atoms with van der Waals surface area (Å²) in [5, 5.41) is 2.67. The van der Waals surface area contributed by atoms with Crippen LogP contribution in [0.4, 0.5) is 10.1 Å². The number of carbonyl (C=O) groups excluding carboxylic acids is 1. The minimum Gasteiger partial charge on any atom is -0.497 e. The third-order valence-corrected chi connectivity index (χ3v) is 7.08. The standard InChI is InChI=1S/C21H25FN2O4S/c1-15-6-7-16(13-20(15)22)23-21(25)14-17-5-3-4-12-24(17)29(26,27)19-10-8-18(28-2)9-11-19/h6-11,13,17H,3-5,12,14H2,1-2H3,(H,23,25)/t17-/m1/s1. The smallest absolute Gasteiger partial charge is 0.243 e. The number of carbonyl (C=O) groups is 1. The van der Waals surface area contributed by atoms with E-state index in [1.807, 2.05) is 0 Å². The molecule has 0 spiro atoms. The lowest BCUT2D eigenvalue weighted by Gasteiger charge is -2.34. The van der Waals surface area contributed by atoms with E-state index in [0.29, 0.717) is 30.0 Å². The maximum Gasteiger partial charge on any atom is 0.243 e. The molecular weight excluding hydrogens is 395 g/mol. The molecule has 3 rings (SSSR count). The van der Waals surface area contributed by atoms with E-state index in [-0.39, 0.29) is 17.2 Å². The molecule has 29 heavy (non-hydrogen) atoms. The van der Waals surface area contributed by atoms with E-state index >= 15 is 0 Å². The first kappa shape index (κ1) is 21.3. The normalized spacial score (nSPS) is 17.7. The number of piperidine rings is 1. The van der Waals surface area contributed by atoms with Gasteiger partial charge in [0.1, 0.15) is 11.6 Å². The summed E-state index contributed by atoms with van der Waals surface area (Å²) < 4.78 is 46.4. The average molecular weight is 421 g/mol. The Labute approximate surface area is 170 Å². The number of halogens is 1. The van der Waals surface area contributed by atoms with Crippen LogP contribution in [0, 0.1) is 12.7 Å². The first-order valence-corrected chi connectivity index (χ1v) is 11.0. The Morgan fingerprint density at radius 1 is 1.21 bits per heavy atom.